The van der Waals surface area contributed by atoms with Crippen LogP contribution in [0.5, 0.6) is 5.75 Å². The van der Waals surface area contributed by atoms with E-state index in [4.69, 9.17) is 4.74 Å². The van der Waals surface area contributed by atoms with Gasteiger partial charge in [0.25, 0.3) is 0 Å². The third-order valence-corrected chi connectivity index (χ3v) is 3.76. The maximum Gasteiger partial charge on any atom is 0.170 e. The molecule has 1 unspecified atom stereocenters. The lowest BCUT2D eigenvalue weighted by atomic mass is 9.80. The van der Waals surface area contributed by atoms with E-state index < -0.39 is 5.41 Å². The monoisotopic (exact) mass is 309 g/mol. The third kappa shape index (κ3) is 2.17. The van der Waals surface area contributed by atoms with Crippen LogP contribution < -0.4 is 4.74 Å². The molecule has 0 radical (unpaired) electrons. The van der Waals surface area contributed by atoms with E-state index in [9.17, 15) is 4.79 Å². The Bertz CT molecular complexity index is 511. The molecule has 1 atom stereocenters. The summed E-state index contributed by atoms with van der Waals surface area (Å²) < 4.78 is 6.55. The minimum Gasteiger partial charge on any atom is -0.491 e. The molecule has 3 nitrogen and oxygen atoms in total. The minimum absolute atomic E-state index is 0.0630. The highest BCUT2D eigenvalue weighted by molar-refractivity contribution is 9.10. The molecule has 2 rings (SSSR count). The second-order valence-electron chi connectivity index (χ2n) is 4.88. The van der Waals surface area contributed by atoms with E-state index in [-0.39, 0.29) is 5.78 Å². The number of ketones is 1. The Morgan fingerprint density at radius 1 is 1.50 bits per heavy atom. The van der Waals surface area contributed by atoms with Crippen molar-refractivity contribution in [2.24, 2.45) is 0 Å². The number of allylic oxidation sites excluding steroid dienone is 1. The average Bonchev–Trinajstić information content (AvgIpc) is 2.67. The van der Waals surface area contributed by atoms with Crippen LogP contribution in [0.2, 0.25) is 0 Å². The number of hydrogen-bond acceptors (Lipinski definition) is 3. The molecule has 4 heteroatoms. The second-order valence-corrected chi connectivity index (χ2v) is 5.74. The predicted octanol–water partition coefficient (Wildman–Crippen LogP) is 2.74. The SMILES string of the molecule is CN(C)/C=C/C(=O)C1(C)COc2c(Br)cccc21. The number of halogens is 1. The lowest BCUT2D eigenvalue weighted by Crippen LogP contribution is -2.33. The zero-order valence-corrected chi connectivity index (χ0v) is 12.3. The summed E-state index contributed by atoms with van der Waals surface area (Å²) in [6.45, 7) is 2.31. The van der Waals surface area contributed by atoms with Gasteiger partial charge in [0.2, 0.25) is 0 Å². The first-order chi connectivity index (χ1) is 8.45. The van der Waals surface area contributed by atoms with Gasteiger partial charge in [-0.2, -0.15) is 0 Å². The quantitative estimate of drug-likeness (QED) is 0.804. The highest BCUT2D eigenvalue weighted by Crippen LogP contribution is 2.43. The molecular weight excluding hydrogens is 294 g/mol. The minimum atomic E-state index is -0.592. The molecule has 0 aliphatic carbocycles. The number of carbonyl (C=O) groups excluding carboxylic acids is 1. The lowest BCUT2D eigenvalue weighted by Gasteiger charge is -2.19. The molecule has 96 valence electrons. The van der Waals surface area contributed by atoms with Gasteiger partial charge in [-0.1, -0.05) is 12.1 Å². The first kappa shape index (κ1) is 13.1. The Morgan fingerprint density at radius 3 is 2.89 bits per heavy atom. The zero-order chi connectivity index (χ0) is 13.3. The van der Waals surface area contributed by atoms with Crippen molar-refractivity contribution in [1.29, 1.82) is 0 Å². The first-order valence-electron chi connectivity index (χ1n) is 5.76. The topological polar surface area (TPSA) is 29.5 Å². The molecule has 0 bridgehead atoms. The summed E-state index contributed by atoms with van der Waals surface area (Å²) in [5.41, 5.74) is 0.358. The maximum atomic E-state index is 12.3. The molecule has 0 fully saturated rings. The first-order valence-corrected chi connectivity index (χ1v) is 6.55. The Labute approximate surface area is 116 Å². The van der Waals surface area contributed by atoms with Crippen molar-refractivity contribution >= 4 is 21.7 Å². The molecular formula is C14H16BrNO2. The van der Waals surface area contributed by atoms with Crippen molar-refractivity contribution in [3.8, 4) is 5.75 Å². The summed E-state index contributed by atoms with van der Waals surface area (Å²) in [7, 11) is 3.78. The Hall–Kier alpha value is -1.29. The van der Waals surface area contributed by atoms with Crippen LogP contribution in [0.1, 0.15) is 12.5 Å². The van der Waals surface area contributed by atoms with E-state index in [1.807, 2.05) is 44.1 Å². The van der Waals surface area contributed by atoms with E-state index in [1.165, 1.54) is 0 Å². The van der Waals surface area contributed by atoms with Crippen molar-refractivity contribution in [3.05, 3.63) is 40.5 Å². The lowest BCUT2D eigenvalue weighted by molar-refractivity contribution is -0.119. The fourth-order valence-electron chi connectivity index (χ4n) is 1.99. The molecule has 1 aliphatic heterocycles. The maximum absolute atomic E-state index is 12.3. The molecule has 1 aromatic rings. The van der Waals surface area contributed by atoms with Crippen molar-refractivity contribution in [1.82, 2.24) is 4.90 Å². The smallest absolute Gasteiger partial charge is 0.170 e. The summed E-state index contributed by atoms with van der Waals surface area (Å²) in [6.07, 6.45) is 3.38. The molecule has 1 heterocycles. The highest BCUT2D eigenvalue weighted by atomic mass is 79.9. The van der Waals surface area contributed by atoms with Crippen LogP contribution in [0.15, 0.2) is 34.9 Å². The van der Waals surface area contributed by atoms with Gasteiger partial charge >= 0.3 is 0 Å². The molecule has 0 amide bonds. The molecule has 1 aliphatic rings. The number of carbonyl (C=O) groups is 1. The normalized spacial score (nSPS) is 21.8. The van der Waals surface area contributed by atoms with Gasteiger partial charge in [-0.15, -0.1) is 0 Å². The van der Waals surface area contributed by atoms with Crippen molar-refractivity contribution in [2.75, 3.05) is 20.7 Å². The number of rotatable bonds is 3. The van der Waals surface area contributed by atoms with Crippen LogP contribution in [0.3, 0.4) is 0 Å². The summed E-state index contributed by atoms with van der Waals surface area (Å²) in [5, 5.41) is 0. The number of ether oxygens (including phenoxy) is 1. The van der Waals surface area contributed by atoms with Crippen LogP contribution in [0.25, 0.3) is 0 Å². The molecule has 0 spiro atoms. The molecule has 0 aromatic heterocycles. The number of benzene rings is 1. The van der Waals surface area contributed by atoms with Gasteiger partial charge < -0.3 is 9.64 Å². The number of hydrogen-bond donors (Lipinski definition) is 0. The number of para-hydroxylation sites is 1. The van der Waals surface area contributed by atoms with Gasteiger partial charge in [0, 0.05) is 25.9 Å². The van der Waals surface area contributed by atoms with Gasteiger partial charge in [0.1, 0.15) is 12.4 Å². The van der Waals surface area contributed by atoms with Gasteiger partial charge in [0.15, 0.2) is 5.78 Å². The average molecular weight is 310 g/mol. The third-order valence-electron chi connectivity index (χ3n) is 3.13. The molecule has 0 saturated heterocycles. The van der Waals surface area contributed by atoms with Gasteiger partial charge in [-0.3, -0.25) is 4.79 Å². The van der Waals surface area contributed by atoms with E-state index >= 15 is 0 Å². The standard InChI is InChI=1S/C14H16BrNO2/c1-14(12(17)7-8-16(2)3)9-18-13-10(14)5-4-6-11(13)15/h4-8H,9H2,1-3H3/b8-7+. The van der Waals surface area contributed by atoms with Crippen molar-refractivity contribution < 1.29 is 9.53 Å². The van der Waals surface area contributed by atoms with Crippen LogP contribution in [0.4, 0.5) is 0 Å². The van der Waals surface area contributed by atoms with Crippen molar-refractivity contribution in [3.63, 3.8) is 0 Å². The van der Waals surface area contributed by atoms with Crippen molar-refractivity contribution in [2.45, 2.75) is 12.3 Å². The molecule has 0 N–H and O–H groups in total. The molecule has 1 aromatic carbocycles. The fraction of sp³-hybridized carbons (Fsp3) is 0.357. The summed E-state index contributed by atoms with van der Waals surface area (Å²) in [5.74, 6) is 0.847. The van der Waals surface area contributed by atoms with Gasteiger partial charge in [-0.25, -0.2) is 0 Å². The van der Waals surface area contributed by atoms with Crippen LogP contribution in [-0.4, -0.2) is 31.4 Å². The summed E-state index contributed by atoms with van der Waals surface area (Å²) in [6, 6.07) is 5.80. The predicted molar refractivity (Wildman–Crippen MR) is 74.8 cm³/mol. The summed E-state index contributed by atoms with van der Waals surface area (Å²) in [4.78, 5) is 14.2. The molecule has 18 heavy (non-hydrogen) atoms. The van der Waals surface area contributed by atoms with E-state index in [0.717, 1.165) is 15.8 Å². The van der Waals surface area contributed by atoms with E-state index in [0.29, 0.717) is 6.61 Å². The van der Waals surface area contributed by atoms with Gasteiger partial charge in [0.05, 0.1) is 9.89 Å². The second kappa shape index (κ2) is 4.76. The fourth-order valence-corrected chi connectivity index (χ4v) is 2.47. The Morgan fingerprint density at radius 2 is 2.22 bits per heavy atom. The molecule has 0 saturated carbocycles. The van der Waals surface area contributed by atoms with E-state index in [2.05, 4.69) is 15.9 Å². The highest BCUT2D eigenvalue weighted by Gasteiger charge is 2.42. The Kier molecular flexibility index (Phi) is 3.48. The van der Waals surface area contributed by atoms with Crippen LogP contribution in [-0.2, 0) is 10.2 Å². The van der Waals surface area contributed by atoms with Crippen LogP contribution >= 0.6 is 15.9 Å². The van der Waals surface area contributed by atoms with Gasteiger partial charge in [-0.05, 0) is 35.0 Å². The number of nitrogens with zero attached hydrogens (tertiary/aromatic N) is 1. The zero-order valence-electron chi connectivity index (χ0n) is 10.7. The van der Waals surface area contributed by atoms with E-state index in [1.54, 1.807) is 12.3 Å². The van der Waals surface area contributed by atoms with Crippen LogP contribution in [0, 0.1) is 0 Å². The summed E-state index contributed by atoms with van der Waals surface area (Å²) >= 11 is 3.45. The largest absolute Gasteiger partial charge is 0.491 e. The number of fused-ring (bicyclic) bond motifs is 1. The Balaban J connectivity index is 2.36.